The van der Waals surface area contributed by atoms with E-state index in [4.69, 9.17) is 10.00 Å². The van der Waals surface area contributed by atoms with Gasteiger partial charge in [0.25, 0.3) is 0 Å². The Balaban J connectivity index is 2.26. The van der Waals surface area contributed by atoms with Crippen LogP contribution in [-0.4, -0.2) is 35.8 Å². The van der Waals surface area contributed by atoms with E-state index in [1.807, 2.05) is 6.07 Å². The summed E-state index contributed by atoms with van der Waals surface area (Å²) in [5.41, 5.74) is 0. The van der Waals surface area contributed by atoms with Crippen LogP contribution in [0.2, 0.25) is 0 Å². The fourth-order valence-corrected chi connectivity index (χ4v) is 2.95. The van der Waals surface area contributed by atoms with Crippen LogP contribution in [0.5, 0.6) is 0 Å². The predicted octanol–water partition coefficient (Wildman–Crippen LogP) is 4.16. The first-order valence-corrected chi connectivity index (χ1v) is 7.38. The molecule has 0 aromatic heterocycles. The number of halogens is 5. The molecule has 20 heavy (non-hydrogen) atoms. The van der Waals surface area contributed by atoms with Gasteiger partial charge in [0.15, 0.2) is 0 Å². The molecule has 0 bridgehead atoms. The molecular formula is C12H16F5NOS. The predicted molar refractivity (Wildman–Crippen MR) is 65.7 cm³/mol. The van der Waals surface area contributed by atoms with E-state index in [2.05, 4.69) is 0 Å². The van der Waals surface area contributed by atoms with E-state index in [-0.39, 0.29) is 18.9 Å². The van der Waals surface area contributed by atoms with Gasteiger partial charge in [0.1, 0.15) is 0 Å². The maximum atomic E-state index is 12.7. The first-order valence-electron chi connectivity index (χ1n) is 6.33. The minimum atomic E-state index is -5.51. The van der Waals surface area contributed by atoms with E-state index in [1.54, 1.807) is 0 Å². The highest BCUT2D eigenvalue weighted by Crippen LogP contribution is 2.39. The first-order chi connectivity index (χ1) is 9.26. The number of alkyl halides is 5. The molecule has 0 radical (unpaired) electrons. The van der Waals surface area contributed by atoms with E-state index < -0.39 is 23.8 Å². The van der Waals surface area contributed by atoms with Gasteiger partial charge < -0.3 is 4.74 Å². The summed E-state index contributed by atoms with van der Waals surface area (Å²) in [5, 5.41) is 8.30. The third kappa shape index (κ3) is 5.44. The summed E-state index contributed by atoms with van der Waals surface area (Å²) in [4.78, 5) is 0. The standard InChI is InChI=1S/C12H16F5NOS/c13-11(14,12(15,16)17)5-1-4-10(7-18)20-8-9-3-2-6-19-9/h9-10H,1-6,8H2. The van der Waals surface area contributed by atoms with Crippen LogP contribution in [0.25, 0.3) is 0 Å². The molecule has 1 fully saturated rings. The zero-order valence-electron chi connectivity index (χ0n) is 10.8. The van der Waals surface area contributed by atoms with Crippen molar-refractivity contribution in [2.75, 3.05) is 12.4 Å². The van der Waals surface area contributed by atoms with Gasteiger partial charge in [0, 0.05) is 18.8 Å². The smallest absolute Gasteiger partial charge is 0.377 e. The maximum absolute atomic E-state index is 12.7. The van der Waals surface area contributed by atoms with E-state index in [1.165, 1.54) is 11.8 Å². The molecule has 0 aromatic carbocycles. The lowest BCUT2D eigenvalue weighted by Crippen LogP contribution is -2.36. The SMILES string of the molecule is N#CC(CCCC(F)(F)C(F)(F)F)SCC1CCCO1. The van der Waals surface area contributed by atoms with Crippen LogP contribution in [0.4, 0.5) is 22.0 Å². The molecular weight excluding hydrogens is 301 g/mol. The second-order valence-corrected chi connectivity index (χ2v) is 5.92. The summed E-state index contributed by atoms with van der Waals surface area (Å²) < 4.78 is 66.6. The van der Waals surface area contributed by atoms with Crippen molar-refractivity contribution in [1.29, 1.82) is 5.26 Å². The van der Waals surface area contributed by atoms with Gasteiger partial charge in [0.05, 0.1) is 17.4 Å². The summed E-state index contributed by atoms with van der Waals surface area (Å²) in [6.07, 6.45) is -5.16. The Labute approximate surface area is 118 Å². The molecule has 1 heterocycles. The van der Waals surface area contributed by atoms with Crippen LogP contribution in [0, 0.1) is 11.3 Å². The largest absolute Gasteiger partial charge is 0.453 e. The van der Waals surface area contributed by atoms with Gasteiger partial charge in [-0.3, -0.25) is 0 Å². The highest BCUT2D eigenvalue weighted by Gasteiger charge is 2.56. The summed E-state index contributed by atoms with van der Waals surface area (Å²) in [6, 6.07) is 1.93. The molecule has 0 amide bonds. The molecule has 2 atom stereocenters. The van der Waals surface area contributed by atoms with Crippen molar-refractivity contribution in [3.8, 4) is 6.07 Å². The number of nitrogens with zero attached hydrogens (tertiary/aromatic N) is 1. The zero-order chi connectivity index (χ0) is 15.2. The lowest BCUT2D eigenvalue weighted by atomic mass is 10.1. The average Bonchev–Trinajstić information content (AvgIpc) is 2.85. The molecule has 2 nitrogen and oxygen atoms in total. The maximum Gasteiger partial charge on any atom is 0.453 e. The molecule has 0 N–H and O–H groups in total. The summed E-state index contributed by atoms with van der Waals surface area (Å²) >= 11 is 1.26. The highest BCUT2D eigenvalue weighted by molar-refractivity contribution is 8.00. The molecule has 8 heteroatoms. The van der Waals surface area contributed by atoms with Gasteiger partial charge in [-0.15, -0.1) is 11.8 Å². The summed E-state index contributed by atoms with van der Waals surface area (Å²) in [5.74, 6) is -4.10. The van der Waals surface area contributed by atoms with Crippen molar-refractivity contribution in [1.82, 2.24) is 0 Å². The Kier molecular flexibility index (Phi) is 6.52. The number of ether oxygens (including phenoxy) is 1. The van der Waals surface area contributed by atoms with Gasteiger partial charge in [-0.1, -0.05) is 0 Å². The number of thioether (sulfide) groups is 1. The number of hydrogen-bond acceptors (Lipinski definition) is 3. The molecule has 1 saturated heterocycles. The van der Waals surface area contributed by atoms with Crippen molar-refractivity contribution in [2.24, 2.45) is 0 Å². The van der Waals surface area contributed by atoms with Gasteiger partial charge >= 0.3 is 12.1 Å². The quantitative estimate of drug-likeness (QED) is 0.661. The molecule has 0 aromatic rings. The van der Waals surface area contributed by atoms with Gasteiger partial charge in [-0.05, 0) is 25.7 Å². The average molecular weight is 317 g/mol. The lowest BCUT2D eigenvalue weighted by Gasteiger charge is -2.20. The van der Waals surface area contributed by atoms with Crippen LogP contribution < -0.4 is 0 Å². The van der Waals surface area contributed by atoms with E-state index in [9.17, 15) is 22.0 Å². The first kappa shape index (κ1) is 17.5. The van der Waals surface area contributed by atoms with Crippen molar-refractivity contribution in [3.63, 3.8) is 0 Å². The fraction of sp³-hybridized carbons (Fsp3) is 0.917. The molecule has 116 valence electrons. The number of hydrogen-bond donors (Lipinski definition) is 0. The molecule has 0 spiro atoms. The third-order valence-electron chi connectivity index (χ3n) is 3.02. The fourth-order valence-electron chi connectivity index (χ4n) is 1.84. The number of nitriles is 1. The van der Waals surface area contributed by atoms with Crippen molar-refractivity contribution in [2.45, 2.75) is 55.6 Å². The van der Waals surface area contributed by atoms with Crippen molar-refractivity contribution < 1.29 is 26.7 Å². The molecule has 0 aliphatic carbocycles. The van der Waals surface area contributed by atoms with Crippen LogP contribution in [0.1, 0.15) is 32.1 Å². The van der Waals surface area contributed by atoms with Crippen molar-refractivity contribution in [3.05, 3.63) is 0 Å². The summed E-state index contributed by atoms with van der Waals surface area (Å²) in [6.45, 7) is 0.681. The highest BCUT2D eigenvalue weighted by atomic mass is 32.2. The molecule has 2 unspecified atom stereocenters. The zero-order valence-corrected chi connectivity index (χ0v) is 11.6. The van der Waals surface area contributed by atoms with Gasteiger partial charge in [-0.2, -0.15) is 27.2 Å². The minimum Gasteiger partial charge on any atom is -0.377 e. The van der Waals surface area contributed by atoms with Crippen LogP contribution in [0.3, 0.4) is 0 Å². The second-order valence-electron chi connectivity index (χ2n) is 4.68. The van der Waals surface area contributed by atoms with Crippen LogP contribution in [-0.2, 0) is 4.74 Å². The number of rotatable bonds is 7. The van der Waals surface area contributed by atoms with E-state index >= 15 is 0 Å². The van der Waals surface area contributed by atoms with E-state index in [0.717, 1.165) is 12.8 Å². The Bertz CT molecular complexity index is 336. The Morgan fingerprint density at radius 3 is 2.50 bits per heavy atom. The Morgan fingerprint density at radius 2 is 2.00 bits per heavy atom. The molecule has 0 saturated carbocycles. The Hall–Kier alpha value is -0.550. The topological polar surface area (TPSA) is 33.0 Å². The summed E-state index contributed by atoms with van der Waals surface area (Å²) in [7, 11) is 0. The molecule has 1 rings (SSSR count). The lowest BCUT2D eigenvalue weighted by molar-refractivity contribution is -0.284. The third-order valence-corrected chi connectivity index (χ3v) is 4.33. The Morgan fingerprint density at radius 1 is 1.30 bits per heavy atom. The normalized spacial score (nSPS) is 21.7. The van der Waals surface area contributed by atoms with Crippen LogP contribution in [0.15, 0.2) is 0 Å². The molecule has 1 aliphatic rings. The molecule has 1 aliphatic heterocycles. The van der Waals surface area contributed by atoms with Crippen molar-refractivity contribution >= 4 is 11.8 Å². The van der Waals surface area contributed by atoms with E-state index in [0.29, 0.717) is 12.4 Å². The van der Waals surface area contributed by atoms with Gasteiger partial charge in [-0.25, -0.2) is 0 Å². The minimum absolute atomic E-state index is 0.0273. The van der Waals surface area contributed by atoms with Crippen LogP contribution >= 0.6 is 11.8 Å². The van der Waals surface area contributed by atoms with Gasteiger partial charge in [0.2, 0.25) is 0 Å². The monoisotopic (exact) mass is 317 g/mol. The second kappa shape index (κ2) is 7.46.